The van der Waals surface area contributed by atoms with Gasteiger partial charge in [-0.3, -0.25) is 4.79 Å². The van der Waals surface area contributed by atoms with Crippen LogP contribution >= 0.6 is 23.2 Å². The van der Waals surface area contributed by atoms with Crippen LogP contribution in [0.3, 0.4) is 0 Å². The van der Waals surface area contributed by atoms with Gasteiger partial charge in [-0.25, -0.2) is 4.79 Å². The topological polar surface area (TPSA) is 71.2 Å². The number of fused-ring (bicyclic) bond motifs is 1. The molecule has 2 aromatic carbocycles. The van der Waals surface area contributed by atoms with Crippen molar-refractivity contribution in [3.05, 3.63) is 69.8 Å². The smallest absolute Gasteiger partial charge is 0.328 e. The zero-order valence-electron chi connectivity index (χ0n) is 14.6. The molecule has 7 heteroatoms. The lowest BCUT2D eigenvalue weighted by atomic mass is 10.0. The fraction of sp³-hybridized carbons (Fsp3) is 0.200. The Morgan fingerprint density at radius 2 is 1.93 bits per heavy atom. The van der Waals surface area contributed by atoms with Crippen molar-refractivity contribution >= 4 is 46.0 Å². The third-order valence-corrected chi connectivity index (χ3v) is 4.87. The van der Waals surface area contributed by atoms with Crippen molar-refractivity contribution in [1.29, 1.82) is 0 Å². The lowest BCUT2D eigenvalue weighted by Crippen LogP contribution is -2.43. The summed E-state index contributed by atoms with van der Waals surface area (Å²) in [6.07, 6.45) is 2.19. The molecule has 2 N–H and O–H groups in total. The second-order valence-electron chi connectivity index (χ2n) is 6.12. The van der Waals surface area contributed by atoms with Crippen molar-refractivity contribution in [3.8, 4) is 0 Å². The SMILES string of the molecule is COC(=O)[C@@H](Cc1c[nH]c2ccccc12)NC(=O)Cc1ccc(Cl)cc1Cl. The van der Waals surface area contributed by atoms with E-state index in [-0.39, 0.29) is 12.3 Å². The van der Waals surface area contributed by atoms with Crippen molar-refractivity contribution in [2.24, 2.45) is 0 Å². The summed E-state index contributed by atoms with van der Waals surface area (Å²) >= 11 is 12.0. The number of methoxy groups -OCH3 is 1. The Morgan fingerprint density at radius 1 is 1.15 bits per heavy atom. The molecule has 0 saturated heterocycles. The molecule has 0 spiro atoms. The molecule has 0 saturated carbocycles. The van der Waals surface area contributed by atoms with Crippen LogP contribution in [0.2, 0.25) is 10.0 Å². The van der Waals surface area contributed by atoms with Gasteiger partial charge in [0.15, 0.2) is 0 Å². The predicted molar refractivity (Wildman–Crippen MR) is 106 cm³/mol. The van der Waals surface area contributed by atoms with Crippen LogP contribution in [0.4, 0.5) is 0 Å². The summed E-state index contributed by atoms with van der Waals surface area (Å²) in [7, 11) is 1.30. The van der Waals surface area contributed by atoms with Crippen LogP contribution in [0.15, 0.2) is 48.7 Å². The van der Waals surface area contributed by atoms with E-state index < -0.39 is 12.0 Å². The average Bonchev–Trinajstić information content (AvgIpc) is 3.06. The van der Waals surface area contributed by atoms with Crippen LogP contribution in [0, 0.1) is 0 Å². The van der Waals surface area contributed by atoms with Gasteiger partial charge in [-0.1, -0.05) is 47.5 Å². The van der Waals surface area contributed by atoms with E-state index in [1.54, 1.807) is 18.2 Å². The van der Waals surface area contributed by atoms with E-state index in [0.29, 0.717) is 22.0 Å². The van der Waals surface area contributed by atoms with E-state index in [1.807, 2.05) is 30.5 Å². The number of nitrogens with one attached hydrogen (secondary N) is 2. The molecule has 0 aliphatic carbocycles. The predicted octanol–water partition coefficient (Wildman–Crippen LogP) is 3.92. The molecule has 27 heavy (non-hydrogen) atoms. The number of carbonyl (C=O) groups excluding carboxylic acids is 2. The summed E-state index contributed by atoms with van der Waals surface area (Å²) < 4.78 is 4.86. The summed E-state index contributed by atoms with van der Waals surface area (Å²) in [6, 6.07) is 11.9. The van der Waals surface area contributed by atoms with Gasteiger partial charge in [0.05, 0.1) is 13.5 Å². The number of para-hydroxylation sites is 1. The molecular formula is C20H18Cl2N2O3. The lowest BCUT2D eigenvalue weighted by molar-refractivity contribution is -0.145. The Bertz CT molecular complexity index is 984. The van der Waals surface area contributed by atoms with Gasteiger partial charge in [0.25, 0.3) is 0 Å². The highest BCUT2D eigenvalue weighted by atomic mass is 35.5. The first-order valence-electron chi connectivity index (χ1n) is 8.34. The summed E-state index contributed by atoms with van der Waals surface area (Å²) in [6.45, 7) is 0. The highest BCUT2D eigenvalue weighted by Crippen LogP contribution is 2.22. The van der Waals surface area contributed by atoms with E-state index >= 15 is 0 Å². The summed E-state index contributed by atoms with van der Waals surface area (Å²) in [5.74, 6) is -0.828. The van der Waals surface area contributed by atoms with Gasteiger partial charge in [0.2, 0.25) is 5.91 Å². The fourth-order valence-electron chi connectivity index (χ4n) is 2.94. The molecule has 1 atom stereocenters. The number of benzene rings is 2. The van der Waals surface area contributed by atoms with Gasteiger partial charge >= 0.3 is 5.97 Å². The maximum absolute atomic E-state index is 12.5. The van der Waals surface area contributed by atoms with Gasteiger partial charge in [0, 0.05) is 33.6 Å². The van der Waals surface area contributed by atoms with E-state index in [9.17, 15) is 9.59 Å². The second kappa shape index (κ2) is 8.46. The summed E-state index contributed by atoms with van der Waals surface area (Å²) in [4.78, 5) is 27.8. The van der Waals surface area contributed by atoms with Crippen molar-refractivity contribution < 1.29 is 14.3 Å². The molecule has 0 bridgehead atoms. The maximum Gasteiger partial charge on any atom is 0.328 e. The Balaban J connectivity index is 1.75. The fourth-order valence-corrected chi connectivity index (χ4v) is 3.41. The molecule has 0 radical (unpaired) electrons. The van der Waals surface area contributed by atoms with E-state index in [2.05, 4.69) is 10.3 Å². The van der Waals surface area contributed by atoms with E-state index in [0.717, 1.165) is 16.5 Å². The molecule has 140 valence electrons. The van der Waals surface area contributed by atoms with Crippen LogP contribution in [0.5, 0.6) is 0 Å². The third-order valence-electron chi connectivity index (χ3n) is 4.29. The van der Waals surface area contributed by atoms with Crippen LogP contribution < -0.4 is 5.32 Å². The van der Waals surface area contributed by atoms with Crippen LogP contribution in [0.1, 0.15) is 11.1 Å². The van der Waals surface area contributed by atoms with Gasteiger partial charge in [-0.2, -0.15) is 0 Å². The number of rotatable bonds is 6. The number of hydrogen-bond acceptors (Lipinski definition) is 3. The number of carbonyl (C=O) groups is 2. The standard InChI is InChI=1S/C20H18Cl2N2O3/c1-27-20(26)18(8-13-11-23-17-5-3-2-4-15(13)17)24-19(25)9-12-6-7-14(21)10-16(12)22/h2-7,10-11,18,23H,8-9H2,1H3,(H,24,25)/t18-/m1/s1. The Hall–Kier alpha value is -2.50. The Labute approximate surface area is 166 Å². The van der Waals surface area contributed by atoms with Crippen molar-refractivity contribution in [2.45, 2.75) is 18.9 Å². The number of ether oxygens (including phenoxy) is 1. The summed E-state index contributed by atoms with van der Waals surface area (Å²) in [5, 5.41) is 4.65. The zero-order chi connectivity index (χ0) is 19.4. The molecular weight excluding hydrogens is 387 g/mol. The molecule has 0 fully saturated rings. The van der Waals surface area contributed by atoms with Crippen LogP contribution in [-0.4, -0.2) is 30.0 Å². The number of aromatic amines is 1. The molecule has 1 heterocycles. The molecule has 0 aliphatic rings. The van der Waals surface area contributed by atoms with Crippen molar-refractivity contribution in [2.75, 3.05) is 7.11 Å². The number of H-pyrrole nitrogens is 1. The third kappa shape index (κ3) is 4.62. The molecule has 1 amide bonds. The van der Waals surface area contributed by atoms with Gasteiger partial charge < -0.3 is 15.0 Å². The number of esters is 1. The minimum atomic E-state index is -0.798. The molecule has 3 aromatic rings. The number of aromatic nitrogens is 1. The zero-order valence-corrected chi connectivity index (χ0v) is 16.1. The monoisotopic (exact) mass is 404 g/mol. The molecule has 0 aliphatic heterocycles. The van der Waals surface area contributed by atoms with Crippen LogP contribution in [-0.2, 0) is 27.2 Å². The normalized spacial score (nSPS) is 12.0. The van der Waals surface area contributed by atoms with Crippen molar-refractivity contribution in [3.63, 3.8) is 0 Å². The maximum atomic E-state index is 12.5. The minimum absolute atomic E-state index is 0.0391. The van der Waals surface area contributed by atoms with Gasteiger partial charge in [-0.05, 0) is 29.3 Å². The van der Waals surface area contributed by atoms with E-state index in [1.165, 1.54) is 7.11 Å². The largest absolute Gasteiger partial charge is 0.467 e. The van der Waals surface area contributed by atoms with Gasteiger partial charge in [-0.15, -0.1) is 0 Å². The molecule has 5 nitrogen and oxygen atoms in total. The number of hydrogen-bond donors (Lipinski definition) is 2. The van der Waals surface area contributed by atoms with E-state index in [4.69, 9.17) is 27.9 Å². The average molecular weight is 405 g/mol. The molecule has 3 rings (SSSR count). The molecule has 1 aromatic heterocycles. The Kier molecular flexibility index (Phi) is 6.04. The highest BCUT2D eigenvalue weighted by Gasteiger charge is 2.23. The van der Waals surface area contributed by atoms with Gasteiger partial charge in [0.1, 0.15) is 6.04 Å². The first-order valence-corrected chi connectivity index (χ1v) is 9.09. The number of amides is 1. The second-order valence-corrected chi connectivity index (χ2v) is 6.96. The van der Waals surface area contributed by atoms with Crippen LogP contribution in [0.25, 0.3) is 10.9 Å². The first kappa shape index (κ1) is 19.3. The number of halogens is 2. The summed E-state index contributed by atoms with van der Waals surface area (Å²) in [5.41, 5.74) is 2.52. The first-order chi connectivity index (χ1) is 13.0. The minimum Gasteiger partial charge on any atom is -0.467 e. The Morgan fingerprint density at radius 3 is 2.67 bits per heavy atom. The highest BCUT2D eigenvalue weighted by molar-refractivity contribution is 6.35. The quantitative estimate of drug-likeness (QED) is 0.611. The molecule has 0 unspecified atom stereocenters. The van der Waals surface area contributed by atoms with Crippen molar-refractivity contribution in [1.82, 2.24) is 10.3 Å². The lowest BCUT2D eigenvalue weighted by Gasteiger charge is -2.16.